The lowest BCUT2D eigenvalue weighted by atomic mass is 10.2. The molecule has 0 aliphatic rings. The molecule has 0 bridgehead atoms. The summed E-state index contributed by atoms with van der Waals surface area (Å²) in [6, 6.07) is 7.63. The molecule has 2 atom stereocenters. The van der Waals surface area contributed by atoms with Crippen LogP contribution in [0.15, 0.2) is 36.9 Å². The molecule has 0 heterocycles. The summed E-state index contributed by atoms with van der Waals surface area (Å²) in [6.45, 7) is 6.69. The Balaban J connectivity index is 2.57. The van der Waals surface area contributed by atoms with Gasteiger partial charge in [0.1, 0.15) is 18.9 Å². The van der Waals surface area contributed by atoms with Crippen LogP contribution in [0.1, 0.15) is 12.5 Å². The SMILES string of the molecule is C=CCOc1ccc(C[NH+](C)[C@H](C)C(N)=O)cc1. The van der Waals surface area contributed by atoms with Crippen LogP contribution in [0.4, 0.5) is 0 Å². The molecule has 0 aliphatic carbocycles. The lowest BCUT2D eigenvalue weighted by molar-refractivity contribution is -0.908. The summed E-state index contributed by atoms with van der Waals surface area (Å²) >= 11 is 0. The van der Waals surface area contributed by atoms with E-state index in [1.165, 1.54) is 0 Å². The van der Waals surface area contributed by atoms with Gasteiger partial charge >= 0.3 is 0 Å². The van der Waals surface area contributed by atoms with E-state index in [-0.39, 0.29) is 11.9 Å². The maximum Gasteiger partial charge on any atom is 0.275 e. The zero-order valence-electron chi connectivity index (χ0n) is 11.0. The summed E-state index contributed by atoms with van der Waals surface area (Å²) < 4.78 is 5.40. The average molecular weight is 249 g/mol. The number of carbonyl (C=O) groups excluding carboxylic acids is 1. The van der Waals surface area contributed by atoms with E-state index in [0.717, 1.165) is 22.8 Å². The number of carbonyl (C=O) groups is 1. The molecule has 4 nitrogen and oxygen atoms in total. The highest BCUT2D eigenvalue weighted by molar-refractivity contribution is 5.77. The molecule has 0 saturated carbocycles. The first-order chi connectivity index (χ1) is 8.54. The summed E-state index contributed by atoms with van der Waals surface area (Å²) in [4.78, 5) is 12.1. The topological polar surface area (TPSA) is 56.8 Å². The number of hydrogen-bond acceptors (Lipinski definition) is 2. The molecule has 1 amide bonds. The molecular formula is C14H21N2O2+. The van der Waals surface area contributed by atoms with Crippen molar-refractivity contribution in [3.8, 4) is 5.75 Å². The van der Waals surface area contributed by atoms with E-state index in [1.54, 1.807) is 6.08 Å². The second kappa shape index (κ2) is 6.81. The molecule has 0 spiro atoms. The van der Waals surface area contributed by atoms with E-state index < -0.39 is 0 Å². The lowest BCUT2D eigenvalue weighted by Crippen LogP contribution is -3.12. The predicted molar refractivity (Wildman–Crippen MR) is 71.4 cm³/mol. The minimum atomic E-state index is -0.279. The summed E-state index contributed by atoms with van der Waals surface area (Å²) in [5.74, 6) is 0.540. The standard InChI is InChI=1S/C14H20N2O2/c1-4-9-18-13-7-5-12(6-8-13)10-16(3)11(2)14(15)17/h4-8,11H,1,9-10H2,2-3H3,(H2,15,17)/p+1/t11-/m1/s1. The summed E-state index contributed by atoms with van der Waals surface area (Å²) in [5, 5.41) is 0. The van der Waals surface area contributed by atoms with Gasteiger partial charge in [0.05, 0.1) is 7.05 Å². The van der Waals surface area contributed by atoms with Gasteiger partial charge in [0.25, 0.3) is 5.91 Å². The van der Waals surface area contributed by atoms with Crippen molar-refractivity contribution in [1.82, 2.24) is 0 Å². The molecule has 3 N–H and O–H groups in total. The van der Waals surface area contributed by atoms with Crippen molar-refractivity contribution < 1.29 is 14.4 Å². The lowest BCUT2D eigenvalue weighted by Gasteiger charge is -2.19. The van der Waals surface area contributed by atoms with Crippen LogP contribution in [0.3, 0.4) is 0 Å². The van der Waals surface area contributed by atoms with E-state index >= 15 is 0 Å². The number of rotatable bonds is 7. The molecular weight excluding hydrogens is 228 g/mol. The minimum Gasteiger partial charge on any atom is -0.490 e. The Morgan fingerprint density at radius 1 is 1.50 bits per heavy atom. The predicted octanol–water partition coefficient (Wildman–Crippen LogP) is 0.140. The van der Waals surface area contributed by atoms with Crippen molar-refractivity contribution in [3.63, 3.8) is 0 Å². The Morgan fingerprint density at radius 2 is 2.11 bits per heavy atom. The Kier molecular flexibility index (Phi) is 5.39. The zero-order valence-corrected chi connectivity index (χ0v) is 11.0. The first-order valence-corrected chi connectivity index (χ1v) is 5.99. The Morgan fingerprint density at radius 3 is 2.61 bits per heavy atom. The highest BCUT2D eigenvalue weighted by atomic mass is 16.5. The van der Waals surface area contributed by atoms with Crippen LogP contribution < -0.4 is 15.4 Å². The van der Waals surface area contributed by atoms with E-state index in [4.69, 9.17) is 10.5 Å². The van der Waals surface area contributed by atoms with Crippen molar-refractivity contribution in [2.24, 2.45) is 5.73 Å². The van der Waals surface area contributed by atoms with Gasteiger partial charge in [0.2, 0.25) is 0 Å². The molecule has 4 heteroatoms. The number of ether oxygens (including phenoxy) is 1. The van der Waals surface area contributed by atoms with Crippen molar-refractivity contribution in [3.05, 3.63) is 42.5 Å². The smallest absolute Gasteiger partial charge is 0.275 e. The summed E-state index contributed by atoms with van der Waals surface area (Å²) in [7, 11) is 1.96. The molecule has 98 valence electrons. The Labute approximate surface area is 108 Å². The number of likely N-dealkylation sites (N-methyl/N-ethyl adjacent to an activating group) is 1. The Bertz CT molecular complexity index is 401. The highest BCUT2D eigenvalue weighted by Crippen LogP contribution is 2.11. The number of quaternary nitrogens is 1. The van der Waals surface area contributed by atoms with E-state index in [2.05, 4.69) is 6.58 Å². The van der Waals surface area contributed by atoms with Gasteiger partial charge in [-0.25, -0.2) is 0 Å². The highest BCUT2D eigenvalue weighted by Gasteiger charge is 2.18. The minimum absolute atomic E-state index is 0.193. The summed E-state index contributed by atoms with van der Waals surface area (Å²) in [6.07, 6.45) is 1.71. The monoisotopic (exact) mass is 249 g/mol. The van der Waals surface area contributed by atoms with Crippen LogP contribution in [-0.4, -0.2) is 25.6 Å². The molecule has 0 radical (unpaired) electrons. The molecule has 0 aliphatic heterocycles. The molecule has 1 unspecified atom stereocenters. The third kappa shape index (κ3) is 4.22. The first-order valence-electron chi connectivity index (χ1n) is 5.99. The van der Waals surface area contributed by atoms with Crippen LogP contribution in [0.2, 0.25) is 0 Å². The third-order valence-corrected chi connectivity index (χ3v) is 2.94. The number of nitrogens with two attached hydrogens (primary N) is 1. The van der Waals surface area contributed by atoms with E-state index in [1.807, 2.05) is 38.2 Å². The third-order valence-electron chi connectivity index (χ3n) is 2.94. The van der Waals surface area contributed by atoms with Gasteiger partial charge in [-0.3, -0.25) is 4.79 Å². The summed E-state index contributed by atoms with van der Waals surface area (Å²) in [5.41, 5.74) is 6.43. The number of primary amides is 1. The maximum atomic E-state index is 11.1. The zero-order chi connectivity index (χ0) is 13.5. The second-order valence-electron chi connectivity index (χ2n) is 4.39. The fourth-order valence-corrected chi connectivity index (χ4v) is 1.58. The molecule has 1 aromatic carbocycles. The van der Waals surface area contributed by atoms with Gasteiger partial charge in [-0.2, -0.15) is 0 Å². The second-order valence-corrected chi connectivity index (χ2v) is 4.39. The van der Waals surface area contributed by atoms with E-state index in [9.17, 15) is 4.79 Å². The Hall–Kier alpha value is -1.81. The quantitative estimate of drug-likeness (QED) is 0.675. The van der Waals surface area contributed by atoms with Crippen molar-refractivity contribution in [2.75, 3.05) is 13.7 Å². The van der Waals surface area contributed by atoms with E-state index in [0.29, 0.717) is 6.61 Å². The molecule has 1 aromatic rings. The van der Waals surface area contributed by atoms with Gasteiger partial charge in [0, 0.05) is 5.56 Å². The van der Waals surface area contributed by atoms with Gasteiger partial charge in [-0.05, 0) is 31.2 Å². The number of benzene rings is 1. The van der Waals surface area contributed by atoms with Crippen LogP contribution in [-0.2, 0) is 11.3 Å². The molecule has 0 aromatic heterocycles. The fraction of sp³-hybridized carbons (Fsp3) is 0.357. The van der Waals surface area contributed by atoms with Crippen molar-refractivity contribution >= 4 is 5.91 Å². The number of nitrogens with one attached hydrogen (secondary N) is 1. The largest absolute Gasteiger partial charge is 0.490 e. The number of amides is 1. The molecule has 1 rings (SSSR count). The van der Waals surface area contributed by atoms with Crippen molar-refractivity contribution in [1.29, 1.82) is 0 Å². The van der Waals surface area contributed by atoms with Crippen molar-refractivity contribution in [2.45, 2.75) is 19.5 Å². The van der Waals surface area contributed by atoms with Gasteiger partial charge < -0.3 is 15.4 Å². The van der Waals surface area contributed by atoms with Crippen LogP contribution >= 0.6 is 0 Å². The first kappa shape index (κ1) is 14.3. The van der Waals surface area contributed by atoms with Gasteiger partial charge in [0.15, 0.2) is 6.04 Å². The fourth-order valence-electron chi connectivity index (χ4n) is 1.58. The van der Waals surface area contributed by atoms with Crippen LogP contribution in [0.25, 0.3) is 0 Å². The molecule has 18 heavy (non-hydrogen) atoms. The van der Waals surface area contributed by atoms with Crippen LogP contribution in [0, 0.1) is 0 Å². The average Bonchev–Trinajstić information content (AvgIpc) is 2.36. The van der Waals surface area contributed by atoms with Crippen LogP contribution in [0.5, 0.6) is 5.75 Å². The molecule has 0 fully saturated rings. The molecule has 0 saturated heterocycles. The van der Waals surface area contributed by atoms with Gasteiger partial charge in [-0.15, -0.1) is 0 Å². The van der Waals surface area contributed by atoms with Gasteiger partial charge in [-0.1, -0.05) is 12.7 Å². The maximum absolute atomic E-state index is 11.1. The normalized spacial score (nSPS) is 13.7. The number of hydrogen-bond donors (Lipinski definition) is 2.